The largest absolute Gasteiger partial charge is 0.493 e. The summed E-state index contributed by atoms with van der Waals surface area (Å²) in [6, 6.07) is 3.58. The number of hydrogen-bond donors (Lipinski definition) is 2. The van der Waals surface area contributed by atoms with Crippen LogP contribution in [0.25, 0.3) is 5.82 Å². The van der Waals surface area contributed by atoms with Gasteiger partial charge in [0.05, 0.1) is 34.1 Å². The number of halogens is 1. The smallest absolute Gasteiger partial charge is 0.229 e. The molecule has 11 heteroatoms. The summed E-state index contributed by atoms with van der Waals surface area (Å²) in [6.45, 7) is 7.77. The average molecular weight is 517 g/mol. The summed E-state index contributed by atoms with van der Waals surface area (Å²) >= 11 is 6.50. The second-order valence-electron chi connectivity index (χ2n) is 8.62. The van der Waals surface area contributed by atoms with Gasteiger partial charge in [0.2, 0.25) is 11.7 Å². The number of ether oxygens (including phenoxy) is 3. The molecule has 0 saturated carbocycles. The quantitative estimate of drug-likeness (QED) is 0.421. The molecule has 1 fully saturated rings. The molecule has 1 saturated heterocycles. The van der Waals surface area contributed by atoms with Crippen LogP contribution >= 0.6 is 11.6 Å². The fourth-order valence-electron chi connectivity index (χ4n) is 4.32. The Kier molecular flexibility index (Phi) is 8.52. The molecule has 3 aromatic rings. The van der Waals surface area contributed by atoms with Crippen molar-refractivity contribution in [2.45, 2.75) is 13.5 Å². The standard InChI is InChI=1S/C25H33ClN6O4/c1-17-14-32(16-18(17)15-31-7-5-30(6-8-31)9-10-33)24-20(26)13-27-25(29-24)28-19-11-21(34-2)23(36-4)22(12-19)35-3/h11-14,16,33H,5-10,15H2,1-4H3,(H,27,28,29). The Bertz CT molecular complexity index is 1150. The zero-order valence-electron chi connectivity index (χ0n) is 21.1. The Hall–Kier alpha value is -3.05. The number of aliphatic hydroxyl groups is 1. The van der Waals surface area contributed by atoms with Gasteiger partial charge in [-0.25, -0.2) is 4.98 Å². The van der Waals surface area contributed by atoms with E-state index in [0.29, 0.717) is 39.7 Å². The summed E-state index contributed by atoms with van der Waals surface area (Å²) in [4.78, 5) is 13.7. The summed E-state index contributed by atoms with van der Waals surface area (Å²) in [5.74, 6) is 2.53. The Morgan fingerprint density at radius 3 is 2.28 bits per heavy atom. The minimum absolute atomic E-state index is 0.206. The lowest BCUT2D eigenvalue weighted by Crippen LogP contribution is -2.46. The van der Waals surface area contributed by atoms with E-state index in [1.54, 1.807) is 39.7 Å². The lowest BCUT2D eigenvalue weighted by Gasteiger charge is -2.34. The number of piperazine rings is 1. The molecule has 0 amide bonds. The molecule has 1 aliphatic heterocycles. The predicted octanol–water partition coefficient (Wildman–Crippen LogP) is 3.11. The van der Waals surface area contributed by atoms with Gasteiger partial charge < -0.3 is 29.2 Å². The van der Waals surface area contributed by atoms with Crippen LogP contribution in [0.1, 0.15) is 11.1 Å². The fraction of sp³-hybridized carbons (Fsp3) is 0.440. The number of β-amino-alcohol motifs (C(OH)–C–C–N with tert-alkyl or cyclic N) is 1. The first kappa shape index (κ1) is 26.0. The van der Waals surface area contributed by atoms with Gasteiger partial charge in [0.25, 0.3) is 0 Å². The Balaban J connectivity index is 1.52. The molecule has 0 aliphatic carbocycles. The molecular formula is C25H33ClN6O4. The molecule has 0 atom stereocenters. The number of methoxy groups -OCH3 is 3. The molecule has 2 N–H and O–H groups in total. The first-order valence-corrected chi connectivity index (χ1v) is 12.2. The third-order valence-electron chi connectivity index (χ3n) is 6.30. The molecule has 0 unspecified atom stereocenters. The molecule has 10 nitrogen and oxygen atoms in total. The molecule has 1 aliphatic rings. The van der Waals surface area contributed by atoms with Crippen LogP contribution in [0, 0.1) is 6.92 Å². The molecule has 0 radical (unpaired) electrons. The van der Waals surface area contributed by atoms with Crippen molar-refractivity contribution in [3.05, 3.63) is 46.9 Å². The van der Waals surface area contributed by atoms with Crippen LogP contribution in [-0.4, -0.2) is 90.1 Å². The van der Waals surface area contributed by atoms with Crippen molar-refractivity contribution in [1.29, 1.82) is 0 Å². The highest BCUT2D eigenvalue weighted by atomic mass is 35.5. The molecule has 0 bridgehead atoms. The van der Waals surface area contributed by atoms with E-state index in [9.17, 15) is 0 Å². The van der Waals surface area contributed by atoms with Crippen molar-refractivity contribution in [3.8, 4) is 23.1 Å². The minimum atomic E-state index is 0.206. The van der Waals surface area contributed by atoms with Crippen molar-refractivity contribution in [2.75, 3.05) is 66.0 Å². The summed E-state index contributed by atoms with van der Waals surface area (Å²) in [7, 11) is 4.70. The van der Waals surface area contributed by atoms with Gasteiger partial charge in [0.15, 0.2) is 17.3 Å². The third-order valence-corrected chi connectivity index (χ3v) is 6.57. The number of aliphatic hydroxyl groups excluding tert-OH is 1. The lowest BCUT2D eigenvalue weighted by atomic mass is 10.2. The average Bonchev–Trinajstić information content (AvgIpc) is 3.25. The van der Waals surface area contributed by atoms with Crippen LogP contribution in [0.2, 0.25) is 5.02 Å². The van der Waals surface area contributed by atoms with E-state index >= 15 is 0 Å². The maximum absolute atomic E-state index is 9.16. The maximum atomic E-state index is 9.16. The highest BCUT2D eigenvalue weighted by Crippen LogP contribution is 2.40. The van der Waals surface area contributed by atoms with Crippen LogP contribution < -0.4 is 19.5 Å². The van der Waals surface area contributed by atoms with Crippen molar-refractivity contribution in [3.63, 3.8) is 0 Å². The van der Waals surface area contributed by atoms with E-state index in [1.807, 2.05) is 10.8 Å². The zero-order valence-corrected chi connectivity index (χ0v) is 21.9. The molecule has 194 valence electrons. The number of hydrogen-bond acceptors (Lipinski definition) is 9. The third kappa shape index (κ3) is 5.84. The van der Waals surface area contributed by atoms with Gasteiger partial charge in [-0.1, -0.05) is 11.6 Å². The number of aromatic nitrogens is 3. The van der Waals surface area contributed by atoms with Gasteiger partial charge in [0.1, 0.15) is 5.02 Å². The first-order chi connectivity index (χ1) is 17.4. The highest BCUT2D eigenvalue weighted by molar-refractivity contribution is 6.32. The van der Waals surface area contributed by atoms with Crippen molar-refractivity contribution < 1.29 is 19.3 Å². The zero-order chi connectivity index (χ0) is 25.7. The van der Waals surface area contributed by atoms with Crippen molar-refractivity contribution >= 4 is 23.2 Å². The van der Waals surface area contributed by atoms with E-state index in [1.165, 1.54) is 11.1 Å². The second kappa shape index (κ2) is 11.8. The Labute approximate surface area is 216 Å². The number of nitrogens with one attached hydrogen (secondary N) is 1. The van der Waals surface area contributed by atoms with Gasteiger partial charge in [0, 0.05) is 69.5 Å². The number of rotatable bonds is 10. The second-order valence-corrected chi connectivity index (χ2v) is 9.03. The fourth-order valence-corrected chi connectivity index (χ4v) is 4.51. The van der Waals surface area contributed by atoms with E-state index in [2.05, 4.69) is 38.2 Å². The van der Waals surface area contributed by atoms with E-state index in [0.717, 1.165) is 39.3 Å². The van der Waals surface area contributed by atoms with E-state index in [-0.39, 0.29) is 6.61 Å². The lowest BCUT2D eigenvalue weighted by molar-refractivity contribution is 0.108. The van der Waals surface area contributed by atoms with Crippen molar-refractivity contribution in [1.82, 2.24) is 24.3 Å². The van der Waals surface area contributed by atoms with Gasteiger partial charge in [-0.3, -0.25) is 9.80 Å². The van der Waals surface area contributed by atoms with E-state index < -0.39 is 0 Å². The minimum Gasteiger partial charge on any atom is -0.493 e. The number of anilines is 2. The highest BCUT2D eigenvalue weighted by Gasteiger charge is 2.19. The van der Waals surface area contributed by atoms with E-state index in [4.69, 9.17) is 30.9 Å². The van der Waals surface area contributed by atoms with Crippen LogP contribution in [0.5, 0.6) is 17.2 Å². The number of aryl methyl sites for hydroxylation is 1. The van der Waals surface area contributed by atoms with Gasteiger partial charge in [-0.05, 0) is 18.1 Å². The Morgan fingerprint density at radius 2 is 1.67 bits per heavy atom. The molecule has 0 spiro atoms. The number of benzene rings is 1. The maximum Gasteiger partial charge on any atom is 0.229 e. The topological polar surface area (TPSA) is 97.1 Å². The molecule has 36 heavy (non-hydrogen) atoms. The van der Waals surface area contributed by atoms with Gasteiger partial charge >= 0.3 is 0 Å². The number of nitrogens with zero attached hydrogens (tertiary/aromatic N) is 5. The summed E-state index contributed by atoms with van der Waals surface area (Å²) in [5, 5.41) is 12.8. The van der Waals surface area contributed by atoms with Crippen LogP contribution in [0.3, 0.4) is 0 Å². The molecule has 1 aromatic carbocycles. The molecule has 3 heterocycles. The van der Waals surface area contributed by atoms with Crippen LogP contribution in [0.15, 0.2) is 30.7 Å². The van der Waals surface area contributed by atoms with Gasteiger partial charge in [-0.2, -0.15) is 4.98 Å². The summed E-state index contributed by atoms with van der Waals surface area (Å²) in [6.07, 6.45) is 5.70. The Morgan fingerprint density at radius 1 is 1.00 bits per heavy atom. The van der Waals surface area contributed by atoms with Crippen molar-refractivity contribution in [2.24, 2.45) is 0 Å². The molecule has 4 rings (SSSR count). The van der Waals surface area contributed by atoms with Crippen LogP contribution in [0.4, 0.5) is 11.6 Å². The molecular weight excluding hydrogens is 484 g/mol. The SMILES string of the molecule is COc1cc(Nc2ncc(Cl)c(-n3cc(C)c(CN4CCN(CCO)CC4)c3)n2)cc(OC)c1OC. The van der Waals surface area contributed by atoms with Gasteiger partial charge in [-0.15, -0.1) is 0 Å². The summed E-state index contributed by atoms with van der Waals surface area (Å²) < 4.78 is 18.2. The summed E-state index contributed by atoms with van der Waals surface area (Å²) in [5.41, 5.74) is 3.07. The molecule has 2 aromatic heterocycles. The monoisotopic (exact) mass is 516 g/mol. The normalized spacial score (nSPS) is 14.6. The predicted molar refractivity (Wildman–Crippen MR) is 139 cm³/mol. The van der Waals surface area contributed by atoms with Crippen LogP contribution in [-0.2, 0) is 6.54 Å². The first-order valence-electron chi connectivity index (χ1n) is 11.8.